The van der Waals surface area contributed by atoms with Crippen molar-refractivity contribution in [3.63, 3.8) is 0 Å². The summed E-state index contributed by atoms with van der Waals surface area (Å²) in [5, 5.41) is 0. The first kappa shape index (κ1) is 18.9. The molecule has 4 heteroatoms. The van der Waals surface area contributed by atoms with Crippen LogP contribution >= 0.6 is 0 Å². The third-order valence-corrected chi connectivity index (χ3v) is 3.40. The molecule has 0 N–H and O–H groups in total. The second kappa shape index (κ2) is 11.5. The molecule has 1 aromatic rings. The molecule has 0 fully saturated rings. The summed E-state index contributed by atoms with van der Waals surface area (Å²) in [4.78, 5) is 23.3. The predicted octanol–water partition coefficient (Wildman–Crippen LogP) is 4.36. The van der Waals surface area contributed by atoms with Crippen LogP contribution in [0.2, 0.25) is 0 Å². The molecule has 1 unspecified atom stereocenters. The summed E-state index contributed by atoms with van der Waals surface area (Å²) in [7, 11) is 0. The fourth-order valence-corrected chi connectivity index (χ4v) is 2.12. The van der Waals surface area contributed by atoms with Gasteiger partial charge in [0.1, 0.15) is 6.10 Å². The highest BCUT2D eigenvalue weighted by molar-refractivity contribution is 5.91. The van der Waals surface area contributed by atoms with E-state index in [1.165, 1.54) is 0 Å². The van der Waals surface area contributed by atoms with Gasteiger partial charge in [-0.2, -0.15) is 0 Å². The molecule has 4 nitrogen and oxygen atoms in total. The van der Waals surface area contributed by atoms with E-state index < -0.39 is 11.9 Å². The van der Waals surface area contributed by atoms with E-state index in [4.69, 9.17) is 9.47 Å². The zero-order valence-corrected chi connectivity index (χ0v) is 14.0. The Labute approximate surface area is 138 Å². The highest BCUT2D eigenvalue weighted by Gasteiger charge is 2.13. The van der Waals surface area contributed by atoms with Crippen LogP contribution in [0.1, 0.15) is 57.6 Å². The molecule has 1 rings (SSSR count). The Morgan fingerprint density at radius 2 is 1.70 bits per heavy atom. The van der Waals surface area contributed by atoms with E-state index >= 15 is 0 Å². The molecule has 0 aromatic heterocycles. The molecule has 0 aliphatic rings. The average molecular weight is 318 g/mol. The molecule has 0 amide bonds. The fraction of sp³-hybridized carbons (Fsp3) is 0.474. The van der Waals surface area contributed by atoms with E-state index in [0.29, 0.717) is 13.0 Å². The van der Waals surface area contributed by atoms with Crippen LogP contribution in [0.15, 0.2) is 42.5 Å². The van der Waals surface area contributed by atoms with Crippen molar-refractivity contribution in [3.05, 3.63) is 48.0 Å². The monoisotopic (exact) mass is 318 g/mol. The maximum atomic E-state index is 11.8. The van der Waals surface area contributed by atoms with Crippen LogP contribution in [0.5, 0.6) is 0 Å². The number of carbonyl (C=O) groups excluding carboxylic acids is 2. The average Bonchev–Trinajstić information content (AvgIpc) is 2.58. The van der Waals surface area contributed by atoms with Crippen molar-refractivity contribution in [2.45, 2.75) is 52.1 Å². The number of hydrogen-bond donors (Lipinski definition) is 0. The van der Waals surface area contributed by atoms with Gasteiger partial charge in [-0.05, 0) is 18.4 Å². The van der Waals surface area contributed by atoms with Crippen molar-refractivity contribution in [1.82, 2.24) is 0 Å². The van der Waals surface area contributed by atoms with E-state index in [1.807, 2.05) is 37.3 Å². The number of benzene rings is 1. The molecule has 23 heavy (non-hydrogen) atoms. The van der Waals surface area contributed by atoms with Crippen molar-refractivity contribution < 1.29 is 19.1 Å². The van der Waals surface area contributed by atoms with Gasteiger partial charge in [-0.1, -0.05) is 63.4 Å². The van der Waals surface area contributed by atoms with E-state index in [1.54, 1.807) is 0 Å². The van der Waals surface area contributed by atoms with E-state index in [2.05, 4.69) is 6.92 Å². The van der Waals surface area contributed by atoms with E-state index in [9.17, 15) is 9.59 Å². The molecule has 126 valence electrons. The number of ether oxygens (including phenoxy) is 2. The van der Waals surface area contributed by atoms with E-state index in [0.717, 1.165) is 43.4 Å². The van der Waals surface area contributed by atoms with Gasteiger partial charge in [0.2, 0.25) is 0 Å². The lowest BCUT2D eigenvalue weighted by atomic mass is 10.1. The van der Waals surface area contributed by atoms with Gasteiger partial charge in [-0.25, -0.2) is 9.59 Å². The summed E-state index contributed by atoms with van der Waals surface area (Å²) in [6.45, 7) is 4.46. The third-order valence-electron chi connectivity index (χ3n) is 3.40. The second-order valence-corrected chi connectivity index (χ2v) is 5.31. The summed E-state index contributed by atoms with van der Waals surface area (Å²) in [5.41, 5.74) is 0.940. The maximum Gasteiger partial charge on any atom is 0.331 e. The van der Waals surface area contributed by atoms with Gasteiger partial charge in [0.15, 0.2) is 0 Å². The molecule has 0 spiro atoms. The molecule has 1 atom stereocenters. The van der Waals surface area contributed by atoms with Crippen molar-refractivity contribution >= 4 is 11.9 Å². The van der Waals surface area contributed by atoms with Gasteiger partial charge in [0.25, 0.3) is 0 Å². The summed E-state index contributed by atoms with van der Waals surface area (Å²) in [6, 6.07) is 9.54. The maximum absolute atomic E-state index is 11.8. The van der Waals surface area contributed by atoms with Crippen LogP contribution < -0.4 is 0 Å². The normalized spacial score (nSPS) is 12.1. The number of hydrogen-bond acceptors (Lipinski definition) is 4. The smallest absolute Gasteiger partial charge is 0.331 e. The first-order chi connectivity index (χ1) is 11.2. The highest BCUT2D eigenvalue weighted by Crippen LogP contribution is 2.20. The molecule has 0 bridgehead atoms. The van der Waals surface area contributed by atoms with Crippen molar-refractivity contribution in [2.24, 2.45) is 0 Å². The van der Waals surface area contributed by atoms with Crippen LogP contribution in [-0.4, -0.2) is 18.5 Å². The molecule has 0 saturated carbocycles. The first-order valence-corrected chi connectivity index (χ1v) is 8.27. The number of unbranched alkanes of at least 4 members (excludes halogenated alkanes) is 3. The highest BCUT2D eigenvalue weighted by atomic mass is 16.5. The molecule has 0 heterocycles. The standard InChI is InChI=1S/C19H26O4/c1-3-5-6-10-15-22-18(20)13-14-19(21)23-17(4-2)16-11-8-7-9-12-16/h7-9,11-14,17H,3-6,10,15H2,1-2H3/b14-13+. The molecule has 0 aliphatic carbocycles. The number of carbonyl (C=O) groups is 2. The van der Waals surface area contributed by atoms with Gasteiger partial charge >= 0.3 is 11.9 Å². The summed E-state index contributed by atoms with van der Waals surface area (Å²) in [6.07, 6.45) is 6.79. The van der Waals surface area contributed by atoms with Crippen LogP contribution in [0.25, 0.3) is 0 Å². The SMILES string of the molecule is CCCCCCOC(=O)/C=C/C(=O)OC(CC)c1ccccc1. The minimum absolute atomic E-state index is 0.307. The first-order valence-electron chi connectivity index (χ1n) is 8.27. The Morgan fingerprint density at radius 3 is 2.35 bits per heavy atom. The molecule has 0 saturated heterocycles. The topological polar surface area (TPSA) is 52.6 Å². The summed E-state index contributed by atoms with van der Waals surface area (Å²) < 4.78 is 10.4. The lowest BCUT2D eigenvalue weighted by molar-refractivity contribution is -0.144. The second-order valence-electron chi connectivity index (χ2n) is 5.31. The molecule has 1 aromatic carbocycles. The Balaban J connectivity index is 2.35. The van der Waals surface area contributed by atoms with Crippen LogP contribution in [0, 0.1) is 0 Å². The Morgan fingerprint density at radius 1 is 1.00 bits per heavy atom. The lowest BCUT2D eigenvalue weighted by Gasteiger charge is -2.15. The zero-order chi connectivity index (χ0) is 16.9. The van der Waals surface area contributed by atoms with Gasteiger partial charge in [-0.15, -0.1) is 0 Å². The fourth-order valence-electron chi connectivity index (χ4n) is 2.12. The van der Waals surface area contributed by atoms with Gasteiger partial charge < -0.3 is 9.47 Å². The largest absolute Gasteiger partial charge is 0.463 e. The van der Waals surface area contributed by atoms with E-state index in [-0.39, 0.29) is 6.10 Å². The van der Waals surface area contributed by atoms with Gasteiger partial charge in [0.05, 0.1) is 6.61 Å². The number of rotatable bonds is 10. The summed E-state index contributed by atoms with van der Waals surface area (Å²) in [5.74, 6) is -1.05. The molecular formula is C19H26O4. The van der Waals surface area contributed by atoms with Crippen LogP contribution in [0.3, 0.4) is 0 Å². The quantitative estimate of drug-likeness (QED) is 0.365. The minimum Gasteiger partial charge on any atom is -0.463 e. The Hall–Kier alpha value is -2.10. The lowest BCUT2D eigenvalue weighted by Crippen LogP contribution is -2.09. The Bertz CT molecular complexity index is 493. The minimum atomic E-state index is -0.538. The van der Waals surface area contributed by atoms with Crippen LogP contribution in [0.4, 0.5) is 0 Å². The third kappa shape index (κ3) is 8.19. The predicted molar refractivity (Wildman–Crippen MR) is 89.8 cm³/mol. The molecule has 0 radical (unpaired) electrons. The Kier molecular flexibility index (Phi) is 9.45. The van der Waals surface area contributed by atoms with Crippen molar-refractivity contribution in [2.75, 3.05) is 6.61 Å². The van der Waals surface area contributed by atoms with Crippen molar-refractivity contribution in [3.8, 4) is 0 Å². The van der Waals surface area contributed by atoms with Crippen LogP contribution in [-0.2, 0) is 19.1 Å². The zero-order valence-electron chi connectivity index (χ0n) is 14.0. The van der Waals surface area contributed by atoms with Gasteiger partial charge in [0, 0.05) is 12.2 Å². The summed E-state index contributed by atoms with van der Waals surface area (Å²) >= 11 is 0. The van der Waals surface area contributed by atoms with Crippen molar-refractivity contribution in [1.29, 1.82) is 0 Å². The molecule has 0 aliphatic heterocycles. The van der Waals surface area contributed by atoms with Gasteiger partial charge in [-0.3, -0.25) is 0 Å². The molecular weight excluding hydrogens is 292 g/mol. The number of esters is 2.